The average Bonchev–Trinajstić information content (AvgIpc) is 3.46. The van der Waals surface area contributed by atoms with E-state index >= 15 is 0 Å². The van der Waals surface area contributed by atoms with Gasteiger partial charge in [0.05, 0.1) is 23.7 Å². The Kier molecular flexibility index (Phi) is 6.79. The molecule has 0 aliphatic heterocycles. The zero-order chi connectivity index (χ0) is 30.1. The molecule has 0 atom stereocenters. The molecule has 6 nitrogen and oxygen atoms in total. The minimum atomic E-state index is -1.17. The van der Waals surface area contributed by atoms with Crippen molar-refractivity contribution in [2.45, 2.75) is 5.54 Å². The van der Waals surface area contributed by atoms with Crippen molar-refractivity contribution in [3.63, 3.8) is 0 Å². The van der Waals surface area contributed by atoms with Crippen LogP contribution in [0.15, 0.2) is 146 Å². The third-order valence-electron chi connectivity index (χ3n) is 8.16. The molecular weight excluding hydrogens is 546 g/mol. The molecule has 1 amide bonds. The van der Waals surface area contributed by atoms with Gasteiger partial charge in [-0.1, -0.05) is 127 Å². The predicted octanol–water partition coefficient (Wildman–Crippen LogP) is 8.80. The van der Waals surface area contributed by atoms with Crippen LogP contribution in [0.4, 0.5) is 10.5 Å². The lowest BCUT2D eigenvalue weighted by atomic mass is 9.77. The maximum absolute atomic E-state index is 11.8. The number of hydrogen-bond donors (Lipinski definition) is 2. The van der Waals surface area contributed by atoms with E-state index in [1.54, 1.807) is 13.2 Å². The lowest BCUT2D eigenvalue weighted by molar-refractivity contribution is 0.209. The van der Waals surface area contributed by atoms with E-state index in [2.05, 4.69) is 76.7 Å². The Morgan fingerprint density at radius 2 is 1.25 bits per heavy atom. The highest BCUT2D eigenvalue weighted by molar-refractivity contribution is 6.05. The molecule has 1 heterocycles. The van der Waals surface area contributed by atoms with Gasteiger partial charge in [0.25, 0.3) is 0 Å². The number of methoxy groups -OCH3 is 1. The van der Waals surface area contributed by atoms with Crippen LogP contribution in [0.2, 0.25) is 0 Å². The number of hydrogen-bond acceptors (Lipinski definition) is 3. The number of ether oxygens (including phenoxy) is 1. The number of carboxylic acid groups (broad SMARTS) is 1. The lowest BCUT2D eigenvalue weighted by Crippen LogP contribution is -2.38. The average molecular weight is 576 g/mol. The van der Waals surface area contributed by atoms with Gasteiger partial charge in [0.15, 0.2) is 5.75 Å². The van der Waals surface area contributed by atoms with Crippen LogP contribution in [0.1, 0.15) is 16.7 Å². The lowest BCUT2D eigenvalue weighted by Gasteiger charge is -2.37. The van der Waals surface area contributed by atoms with Crippen LogP contribution in [0.3, 0.4) is 0 Å². The Bertz CT molecular complexity index is 2010. The molecule has 0 bridgehead atoms. The number of rotatable bonds is 7. The standard InChI is InChI=1S/C38H29N3O3/c1-44-36-32(39-37(42)43)23-24-33-34(36)35(28-22-21-26-13-11-12-14-27(26)25-28)40-41(33)38(29-15-5-2-6-16-29,30-17-7-3-8-18-30)31-19-9-4-10-20-31/h2-25,39H,1H3,(H,42,43). The number of fused-ring (bicyclic) bond motifs is 2. The maximum atomic E-state index is 11.8. The monoisotopic (exact) mass is 575 g/mol. The summed E-state index contributed by atoms with van der Waals surface area (Å²) >= 11 is 0. The first-order valence-electron chi connectivity index (χ1n) is 14.4. The van der Waals surface area contributed by atoms with Crippen LogP contribution in [-0.4, -0.2) is 28.1 Å². The second kappa shape index (κ2) is 11.1. The van der Waals surface area contributed by atoms with Crippen LogP contribution >= 0.6 is 0 Å². The maximum Gasteiger partial charge on any atom is 0.409 e. The fourth-order valence-electron chi connectivity index (χ4n) is 6.31. The van der Waals surface area contributed by atoms with Crippen molar-refractivity contribution < 1.29 is 14.6 Å². The number of nitrogens with one attached hydrogen (secondary N) is 1. The van der Waals surface area contributed by atoms with Crippen molar-refractivity contribution in [2.75, 3.05) is 12.4 Å². The molecule has 7 rings (SSSR count). The summed E-state index contributed by atoms with van der Waals surface area (Å²) in [6.07, 6.45) is -1.17. The van der Waals surface area contributed by atoms with Gasteiger partial charge >= 0.3 is 6.09 Å². The fraction of sp³-hybridized carbons (Fsp3) is 0.0526. The van der Waals surface area contributed by atoms with E-state index < -0.39 is 11.6 Å². The van der Waals surface area contributed by atoms with Crippen LogP contribution in [0.5, 0.6) is 5.75 Å². The zero-order valence-corrected chi connectivity index (χ0v) is 24.0. The summed E-state index contributed by atoms with van der Waals surface area (Å²) in [4.78, 5) is 11.8. The first kappa shape index (κ1) is 27.0. The molecular formula is C38H29N3O3. The molecule has 0 saturated carbocycles. The van der Waals surface area contributed by atoms with Gasteiger partial charge in [-0.3, -0.25) is 5.32 Å². The van der Waals surface area contributed by atoms with Crippen LogP contribution in [0.25, 0.3) is 32.9 Å². The number of carbonyl (C=O) groups is 1. The van der Waals surface area contributed by atoms with Gasteiger partial charge in [0.2, 0.25) is 0 Å². The fourth-order valence-corrected chi connectivity index (χ4v) is 6.31. The van der Waals surface area contributed by atoms with Gasteiger partial charge < -0.3 is 9.84 Å². The minimum Gasteiger partial charge on any atom is -0.494 e. The number of anilines is 1. The van der Waals surface area contributed by atoms with Gasteiger partial charge in [-0.05, 0) is 45.7 Å². The number of nitrogens with zero attached hydrogens (tertiary/aromatic N) is 2. The number of aromatic nitrogens is 2. The largest absolute Gasteiger partial charge is 0.494 e. The highest BCUT2D eigenvalue weighted by Gasteiger charge is 2.41. The molecule has 7 aromatic rings. The van der Waals surface area contributed by atoms with Crippen molar-refractivity contribution in [1.82, 2.24) is 9.78 Å². The van der Waals surface area contributed by atoms with Crippen molar-refractivity contribution in [1.29, 1.82) is 0 Å². The van der Waals surface area contributed by atoms with Crippen LogP contribution < -0.4 is 10.1 Å². The van der Waals surface area contributed by atoms with Gasteiger partial charge in [-0.15, -0.1) is 0 Å². The Hall–Kier alpha value is -5.88. The molecule has 0 unspecified atom stereocenters. The van der Waals surface area contributed by atoms with Gasteiger partial charge in [-0.2, -0.15) is 5.10 Å². The van der Waals surface area contributed by atoms with Gasteiger partial charge in [0.1, 0.15) is 11.2 Å². The summed E-state index contributed by atoms with van der Waals surface area (Å²) in [6, 6.07) is 49.2. The molecule has 214 valence electrons. The molecule has 6 heteroatoms. The van der Waals surface area contributed by atoms with E-state index in [9.17, 15) is 9.90 Å². The van der Waals surface area contributed by atoms with E-state index in [1.807, 2.05) is 72.8 Å². The van der Waals surface area contributed by atoms with E-state index in [0.29, 0.717) is 22.5 Å². The van der Waals surface area contributed by atoms with Crippen molar-refractivity contribution in [3.8, 4) is 17.0 Å². The highest BCUT2D eigenvalue weighted by Crippen LogP contribution is 2.47. The summed E-state index contributed by atoms with van der Waals surface area (Å²) < 4.78 is 8.04. The highest BCUT2D eigenvalue weighted by atomic mass is 16.5. The van der Waals surface area contributed by atoms with E-state index in [0.717, 1.165) is 38.5 Å². The summed E-state index contributed by atoms with van der Waals surface area (Å²) in [6.45, 7) is 0. The molecule has 6 aromatic carbocycles. The van der Waals surface area contributed by atoms with E-state index in [4.69, 9.17) is 9.84 Å². The molecule has 1 aromatic heterocycles. The summed E-state index contributed by atoms with van der Waals surface area (Å²) in [5, 5.41) is 20.5. The zero-order valence-electron chi connectivity index (χ0n) is 24.0. The summed E-state index contributed by atoms with van der Waals surface area (Å²) in [7, 11) is 1.56. The van der Waals surface area contributed by atoms with Gasteiger partial charge in [-0.25, -0.2) is 9.48 Å². The molecule has 0 aliphatic rings. The molecule has 0 saturated heterocycles. The smallest absolute Gasteiger partial charge is 0.409 e. The predicted molar refractivity (Wildman–Crippen MR) is 175 cm³/mol. The molecule has 0 aliphatic carbocycles. The molecule has 0 fully saturated rings. The Balaban J connectivity index is 1.66. The molecule has 2 N–H and O–H groups in total. The third kappa shape index (κ3) is 4.36. The first-order chi connectivity index (χ1) is 21.6. The van der Waals surface area contributed by atoms with Crippen molar-refractivity contribution in [2.24, 2.45) is 0 Å². The Morgan fingerprint density at radius 1 is 0.705 bits per heavy atom. The Labute approximate surface area is 254 Å². The third-order valence-corrected chi connectivity index (χ3v) is 8.16. The molecule has 0 radical (unpaired) electrons. The van der Waals surface area contributed by atoms with E-state index in [1.165, 1.54) is 0 Å². The first-order valence-corrected chi connectivity index (χ1v) is 14.4. The quantitative estimate of drug-likeness (QED) is 0.186. The number of amides is 1. The summed E-state index contributed by atoms with van der Waals surface area (Å²) in [5.74, 6) is 0.405. The number of benzene rings is 6. The van der Waals surface area contributed by atoms with Crippen molar-refractivity contribution >= 4 is 33.5 Å². The molecule has 0 spiro atoms. The second-order valence-electron chi connectivity index (χ2n) is 10.6. The minimum absolute atomic E-state index is 0.346. The van der Waals surface area contributed by atoms with Crippen LogP contribution in [0, 0.1) is 0 Å². The van der Waals surface area contributed by atoms with Crippen LogP contribution in [-0.2, 0) is 5.54 Å². The Morgan fingerprint density at radius 3 is 1.80 bits per heavy atom. The van der Waals surface area contributed by atoms with E-state index in [-0.39, 0.29) is 0 Å². The van der Waals surface area contributed by atoms with Gasteiger partial charge in [0, 0.05) is 5.56 Å². The topological polar surface area (TPSA) is 76.4 Å². The SMILES string of the molecule is COc1c(NC(=O)O)ccc2c1c(-c1ccc3ccccc3c1)nn2C(c1ccccc1)(c1ccccc1)c1ccccc1. The molecule has 44 heavy (non-hydrogen) atoms. The summed E-state index contributed by atoms with van der Waals surface area (Å²) in [5.41, 5.74) is 4.90. The second-order valence-corrected chi connectivity index (χ2v) is 10.6. The van der Waals surface area contributed by atoms with Crippen molar-refractivity contribution in [3.05, 3.63) is 162 Å². The normalized spacial score (nSPS) is 11.5.